The molecule has 1 aromatic carbocycles. The summed E-state index contributed by atoms with van der Waals surface area (Å²) in [6, 6.07) is 3.48. The predicted octanol–water partition coefficient (Wildman–Crippen LogP) is 3.47. The number of pyridine rings is 1. The van der Waals surface area contributed by atoms with Crippen LogP contribution in [0.2, 0.25) is 10.0 Å². The molecule has 3 aromatic rings. The van der Waals surface area contributed by atoms with Gasteiger partial charge >= 0.3 is 0 Å². The van der Waals surface area contributed by atoms with Crippen LogP contribution in [0.1, 0.15) is 12.8 Å². The lowest BCUT2D eigenvalue weighted by atomic mass is 10.0. The van der Waals surface area contributed by atoms with Gasteiger partial charge in [0.25, 0.3) is 5.56 Å². The van der Waals surface area contributed by atoms with Crippen molar-refractivity contribution >= 4 is 46.1 Å². The van der Waals surface area contributed by atoms with Gasteiger partial charge in [-0.3, -0.25) is 14.2 Å². The zero-order valence-corrected chi connectivity index (χ0v) is 23.1. The maximum absolute atomic E-state index is 13.9. The van der Waals surface area contributed by atoms with E-state index >= 15 is 0 Å². The van der Waals surface area contributed by atoms with Crippen molar-refractivity contribution in [2.75, 3.05) is 46.6 Å². The number of anilines is 1. The van der Waals surface area contributed by atoms with Crippen molar-refractivity contribution < 1.29 is 14.3 Å². The zero-order chi connectivity index (χ0) is 27.6. The summed E-state index contributed by atoms with van der Waals surface area (Å²) < 4.78 is 12.3. The minimum atomic E-state index is -0.327. The highest BCUT2D eigenvalue weighted by Gasteiger charge is 2.26. The molecule has 0 spiro atoms. The number of rotatable bonds is 8. The molecule has 38 heavy (non-hydrogen) atoms. The minimum absolute atomic E-state index is 0.0503. The topological polar surface area (TPSA) is 116 Å². The van der Waals surface area contributed by atoms with Crippen LogP contribution in [0.5, 0.6) is 11.5 Å². The second-order valence-electron chi connectivity index (χ2n) is 9.05. The summed E-state index contributed by atoms with van der Waals surface area (Å²) in [6.07, 6.45) is 4.57. The molecule has 3 heterocycles. The van der Waals surface area contributed by atoms with Gasteiger partial charge in [-0.15, -0.1) is 0 Å². The number of ether oxygens (including phenoxy) is 2. The molecule has 1 saturated heterocycles. The molecule has 0 aliphatic carbocycles. The number of likely N-dealkylation sites (tertiary alicyclic amines) is 1. The highest BCUT2D eigenvalue weighted by molar-refractivity contribution is 6.40. The molecule has 0 saturated carbocycles. The molecule has 12 heteroatoms. The Bertz CT molecular complexity index is 1440. The number of nitrogen functional groups attached to an aromatic ring is 1. The van der Waals surface area contributed by atoms with Crippen LogP contribution in [0.25, 0.3) is 22.2 Å². The Kier molecular flexibility index (Phi) is 8.44. The number of aromatic nitrogens is 3. The average molecular weight is 561 g/mol. The van der Waals surface area contributed by atoms with E-state index in [1.54, 1.807) is 27.8 Å². The Morgan fingerprint density at radius 2 is 1.97 bits per heavy atom. The van der Waals surface area contributed by atoms with E-state index in [2.05, 4.69) is 21.4 Å². The quantitative estimate of drug-likeness (QED) is 0.416. The summed E-state index contributed by atoms with van der Waals surface area (Å²) in [5.41, 5.74) is 6.57. The van der Waals surface area contributed by atoms with Crippen LogP contribution in [0.4, 0.5) is 5.95 Å². The highest BCUT2D eigenvalue weighted by Crippen LogP contribution is 2.45. The number of nitrogens with zero attached hydrogens (tertiary/aromatic N) is 5. The number of halogens is 2. The third-order valence-electron chi connectivity index (χ3n) is 6.93. The monoisotopic (exact) mass is 560 g/mol. The van der Waals surface area contributed by atoms with Crippen LogP contribution in [0.15, 0.2) is 35.8 Å². The number of carbonyl (C=O) groups is 1. The average Bonchev–Trinajstić information content (AvgIpc) is 2.92. The Morgan fingerprint density at radius 3 is 2.61 bits per heavy atom. The van der Waals surface area contributed by atoms with Gasteiger partial charge < -0.3 is 25.0 Å². The number of piperidine rings is 1. The lowest BCUT2D eigenvalue weighted by Crippen LogP contribution is -2.46. The van der Waals surface area contributed by atoms with Crippen molar-refractivity contribution in [3.05, 3.63) is 51.4 Å². The van der Waals surface area contributed by atoms with E-state index in [4.69, 9.17) is 38.4 Å². The molecule has 0 atom stereocenters. The van der Waals surface area contributed by atoms with Gasteiger partial charge in [0, 0.05) is 55.4 Å². The summed E-state index contributed by atoms with van der Waals surface area (Å²) >= 11 is 13.3. The van der Waals surface area contributed by atoms with Gasteiger partial charge in [-0.25, -0.2) is 4.98 Å². The third kappa shape index (κ3) is 5.29. The normalized spacial score (nSPS) is 14.2. The van der Waals surface area contributed by atoms with E-state index in [1.807, 2.05) is 7.05 Å². The smallest absolute Gasteiger partial charge is 0.260 e. The van der Waals surface area contributed by atoms with Crippen LogP contribution < -0.4 is 20.8 Å². The molecule has 1 amide bonds. The summed E-state index contributed by atoms with van der Waals surface area (Å²) in [7, 11) is 4.95. The van der Waals surface area contributed by atoms with E-state index in [-0.39, 0.29) is 44.8 Å². The molecule has 10 nitrogen and oxygen atoms in total. The second-order valence-corrected chi connectivity index (χ2v) is 9.83. The van der Waals surface area contributed by atoms with Crippen molar-refractivity contribution in [3.8, 4) is 22.6 Å². The Labute approximate surface area is 230 Å². The van der Waals surface area contributed by atoms with Crippen LogP contribution in [-0.4, -0.2) is 77.2 Å². The number of nitrogens with two attached hydrogens (primary N) is 1. The van der Waals surface area contributed by atoms with Crippen molar-refractivity contribution in [3.63, 3.8) is 0 Å². The van der Waals surface area contributed by atoms with E-state index in [0.717, 1.165) is 12.8 Å². The Hall–Kier alpha value is -3.34. The first kappa shape index (κ1) is 27.7. The van der Waals surface area contributed by atoms with Gasteiger partial charge in [-0.2, -0.15) is 4.98 Å². The highest BCUT2D eigenvalue weighted by atomic mass is 35.5. The number of likely N-dealkylation sites (N-methyl/N-ethyl adjacent to an activating group) is 1. The van der Waals surface area contributed by atoms with Crippen LogP contribution >= 0.6 is 23.2 Å². The number of fused-ring (bicyclic) bond motifs is 1. The zero-order valence-electron chi connectivity index (χ0n) is 21.5. The molecular formula is C26H30Cl2N6O4. The van der Waals surface area contributed by atoms with Gasteiger partial charge in [0.1, 0.15) is 5.65 Å². The molecule has 202 valence electrons. The fourth-order valence-corrected chi connectivity index (χ4v) is 5.54. The van der Waals surface area contributed by atoms with Crippen LogP contribution in [0.3, 0.4) is 0 Å². The van der Waals surface area contributed by atoms with Crippen LogP contribution in [-0.2, 0) is 11.3 Å². The largest absolute Gasteiger partial charge is 0.493 e. The molecule has 1 fully saturated rings. The number of hydrogen-bond donors (Lipinski definition) is 1. The number of benzene rings is 1. The Morgan fingerprint density at radius 1 is 1.26 bits per heavy atom. The molecule has 0 unspecified atom stereocenters. The van der Waals surface area contributed by atoms with Crippen LogP contribution in [0, 0.1) is 0 Å². The molecule has 2 N–H and O–H groups in total. The predicted molar refractivity (Wildman–Crippen MR) is 149 cm³/mol. The van der Waals surface area contributed by atoms with Gasteiger partial charge in [0.05, 0.1) is 29.8 Å². The molecule has 4 rings (SSSR count). The molecule has 1 aliphatic heterocycles. The third-order valence-corrected chi connectivity index (χ3v) is 7.59. The summed E-state index contributed by atoms with van der Waals surface area (Å²) in [5.74, 6) is 0.638. The second kappa shape index (κ2) is 11.6. The number of hydrogen-bond acceptors (Lipinski definition) is 8. The van der Waals surface area contributed by atoms with E-state index in [0.29, 0.717) is 48.5 Å². The number of methoxy groups -OCH3 is 2. The van der Waals surface area contributed by atoms with Gasteiger partial charge in [-0.05, 0) is 32.0 Å². The molecular weight excluding hydrogens is 531 g/mol. The first-order valence-corrected chi connectivity index (χ1v) is 12.8. The molecule has 0 radical (unpaired) electrons. The lowest BCUT2D eigenvalue weighted by molar-refractivity contribution is -0.127. The van der Waals surface area contributed by atoms with E-state index < -0.39 is 0 Å². The first-order valence-electron chi connectivity index (χ1n) is 12.1. The fourth-order valence-electron chi connectivity index (χ4n) is 4.82. The lowest BCUT2D eigenvalue weighted by Gasteiger charge is -2.36. The Balaban J connectivity index is 1.71. The van der Waals surface area contributed by atoms with Gasteiger partial charge in [0.15, 0.2) is 11.5 Å². The molecule has 2 aromatic heterocycles. The van der Waals surface area contributed by atoms with E-state index in [1.165, 1.54) is 20.3 Å². The first-order chi connectivity index (χ1) is 18.2. The summed E-state index contributed by atoms with van der Waals surface area (Å²) in [6.45, 7) is 5.80. The van der Waals surface area contributed by atoms with Gasteiger partial charge in [-0.1, -0.05) is 29.8 Å². The maximum Gasteiger partial charge on any atom is 0.260 e. The SMILES string of the molecule is C=CC(=O)N1CCC(N(C)CCn2c(=O)c(-c3c(Cl)cc(OC)c(OC)c3Cl)cc3cnc(N)nc32)CC1. The maximum atomic E-state index is 13.9. The van der Waals surface area contributed by atoms with Crippen molar-refractivity contribution in [2.45, 2.75) is 25.4 Å². The summed E-state index contributed by atoms with van der Waals surface area (Å²) in [5, 5.41) is 1.01. The van der Waals surface area contributed by atoms with Crippen molar-refractivity contribution in [1.29, 1.82) is 0 Å². The van der Waals surface area contributed by atoms with E-state index in [9.17, 15) is 9.59 Å². The fraction of sp³-hybridized carbons (Fsp3) is 0.385. The standard InChI is InChI=1S/C26H30Cl2N6O4/c1-5-20(35)33-8-6-16(7-9-33)32(2)10-11-34-24-15(14-30-26(29)31-24)12-17(25(34)36)21-18(27)13-19(37-3)23(38-4)22(21)28/h5,12-14,16H,1,6-11H2,2-4H3,(H2,29,30,31). The molecule has 1 aliphatic rings. The molecule has 0 bridgehead atoms. The summed E-state index contributed by atoms with van der Waals surface area (Å²) in [4.78, 5) is 38.3. The number of carbonyl (C=O) groups excluding carboxylic acids is 1. The number of amides is 1. The van der Waals surface area contributed by atoms with Crippen molar-refractivity contribution in [2.24, 2.45) is 0 Å². The van der Waals surface area contributed by atoms with Gasteiger partial charge in [0.2, 0.25) is 11.9 Å². The minimum Gasteiger partial charge on any atom is -0.493 e. The van der Waals surface area contributed by atoms with Crippen molar-refractivity contribution in [1.82, 2.24) is 24.3 Å².